The molecule has 1 heterocycles. The van der Waals surface area contributed by atoms with Crippen molar-refractivity contribution >= 4 is 35.2 Å². The van der Waals surface area contributed by atoms with Crippen LogP contribution in [0.2, 0.25) is 5.02 Å². The minimum atomic E-state index is -0.648. The predicted molar refractivity (Wildman–Crippen MR) is 123 cm³/mol. The zero-order valence-corrected chi connectivity index (χ0v) is 19.0. The van der Waals surface area contributed by atoms with Crippen LogP contribution < -0.4 is 10.6 Å². The molecule has 0 aromatic heterocycles. The number of halogens is 1. The lowest BCUT2D eigenvalue weighted by atomic mass is 9.94. The van der Waals surface area contributed by atoms with E-state index < -0.39 is 12.0 Å². The quantitative estimate of drug-likeness (QED) is 0.581. The molecular weight excluding hydrogens is 430 g/mol. The van der Waals surface area contributed by atoms with Crippen molar-refractivity contribution in [3.8, 4) is 0 Å². The average Bonchev–Trinajstić information content (AvgIpc) is 2.78. The first-order valence-electron chi connectivity index (χ1n) is 10.4. The highest BCUT2D eigenvalue weighted by atomic mass is 35.5. The Morgan fingerprint density at radius 1 is 1.19 bits per heavy atom. The molecule has 32 heavy (non-hydrogen) atoms. The van der Waals surface area contributed by atoms with Crippen LogP contribution in [0.3, 0.4) is 0 Å². The molecule has 0 aliphatic carbocycles. The molecule has 0 saturated carbocycles. The third kappa shape index (κ3) is 5.11. The Balaban J connectivity index is 1.84. The molecule has 0 radical (unpaired) electrons. The largest absolute Gasteiger partial charge is 0.466 e. The number of methoxy groups -OCH3 is 1. The Hall–Kier alpha value is -3.32. The maximum atomic E-state index is 12.7. The molecule has 0 bridgehead atoms. The number of anilines is 1. The van der Waals surface area contributed by atoms with Crippen LogP contribution in [0.15, 0.2) is 59.8 Å². The van der Waals surface area contributed by atoms with Crippen LogP contribution in [0.25, 0.3) is 0 Å². The molecule has 1 aliphatic rings. The van der Waals surface area contributed by atoms with Crippen LogP contribution in [-0.4, -0.2) is 36.5 Å². The van der Waals surface area contributed by atoms with Crippen LogP contribution in [-0.2, 0) is 9.53 Å². The second kappa shape index (κ2) is 10.3. The number of esters is 1. The van der Waals surface area contributed by atoms with E-state index >= 15 is 0 Å². The molecular formula is C24H26ClN3O4. The molecule has 1 aliphatic heterocycles. The molecule has 2 aromatic carbocycles. The summed E-state index contributed by atoms with van der Waals surface area (Å²) in [6.07, 6.45) is 1.75. The highest BCUT2D eigenvalue weighted by Gasteiger charge is 2.35. The topological polar surface area (TPSA) is 87.7 Å². The molecule has 3 rings (SSSR count). The van der Waals surface area contributed by atoms with Gasteiger partial charge < -0.3 is 15.4 Å². The molecule has 0 spiro atoms. The summed E-state index contributed by atoms with van der Waals surface area (Å²) in [6.45, 7) is 4.32. The Bertz CT molecular complexity index is 1050. The van der Waals surface area contributed by atoms with Crippen molar-refractivity contribution in [1.29, 1.82) is 0 Å². The number of amides is 3. The fourth-order valence-electron chi connectivity index (χ4n) is 3.58. The number of nitrogens with zero attached hydrogens (tertiary/aromatic N) is 1. The van der Waals surface area contributed by atoms with Gasteiger partial charge in [0.25, 0.3) is 5.91 Å². The molecule has 2 N–H and O–H groups in total. The van der Waals surface area contributed by atoms with Gasteiger partial charge >= 0.3 is 12.0 Å². The number of benzene rings is 2. The highest BCUT2D eigenvalue weighted by molar-refractivity contribution is 6.31. The summed E-state index contributed by atoms with van der Waals surface area (Å²) in [7, 11) is 1.32. The number of carbonyl (C=O) groups excluding carboxylic acids is 3. The summed E-state index contributed by atoms with van der Waals surface area (Å²) < 4.78 is 4.99. The average molecular weight is 456 g/mol. The number of urea groups is 1. The highest BCUT2D eigenvalue weighted by Crippen LogP contribution is 2.32. The summed E-state index contributed by atoms with van der Waals surface area (Å²) in [4.78, 5) is 39.3. The number of carbonyl (C=O) groups is 3. The van der Waals surface area contributed by atoms with E-state index in [2.05, 4.69) is 10.6 Å². The minimum absolute atomic E-state index is 0.257. The Labute approximate surface area is 192 Å². The molecule has 1 atom stereocenters. The summed E-state index contributed by atoms with van der Waals surface area (Å²) in [5.74, 6) is -0.781. The molecule has 1 unspecified atom stereocenters. The van der Waals surface area contributed by atoms with Gasteiger partial charge in [-0.1, -0.05) is 43.1 Å². The fourth-order valence-corrected chi connectivity index (χ4v) is 3.77. The van der Waals surface area contributed by atoms with Crippen molar-refractivity contribution in [2.24, 2.45) is 0 Å². The summed E-state index contributed by atoms with van der Waals surface area (Å²) in [5, 5.41) is 6.20. The number of hydrogen-bond acceptors (Lipinski definition) is 4. The summed E-state index contributed by atoms with van der Waals surface area (Å²) in [6, 6.07) is 12.7. The third-order valence-corrected chi connectivity index (χ3v) is 5.56. The van der Waals surface area contributed by atoms with Crippen LogP contribution in [0.5, 0.6) is 0 Å². The van der Waals surface area contributed by atoms with Crippen molar-refractivity contribution in [2.75, 3.05) is 19.0 Å². The van der Waals surface area contributed by atoms with Crippen LogP contribution in [0.4, 0.5) is 10.5 Å². The van der Waals surface area contributed by atoms with E-state index in [1.165, 1.54) is 7.11 Å². The lowest BCUT2D eigenvalue weighted by Crippen LogP contribution is -2.48. The number of nitrogens with one attached hydrogen (secondary N) is 2. The lowest BCUT2D eigenvalue weighted by Gasteiger charge is -2.35. The maximum absolute atomic E-state index is 12.7. The van der Waals surface area contributed by atoms with E-state index in [1.807, 2.05) is 6.92 Å². The van der Waals surface area contributed by atoms with Crippen molar-refractivity contribution in [3.63, 3.8) is 0 Å². The van der Waals surface area contributed by atoms with E-state index in [0.717, 1.165) is 12.8 Å². The number of unbranched alkanes of at least 4 members (excludes halogenated alkanes) is 1. The van der Waals surface area contributed by atoms with Crippen molar-refractivity contribution in [2.45, 2.75) is 32.7 Å². The number of hydrogen-bond donors (Lipinski definition) is 2. The first kappa shape index (κ1) is 23.3. The minimum Gasteiger partial charge on any atom is -0.466 e. The molecule has 2 aromatic rings. The van der Waals surface area contributed by atoms with Gasteiger partial charge in [-0.05, 0) is 49.2 Å². The van der Waals surface area contributed by atoms with Gasteiger partial charge in [0.2, 0.25) is 0 Å². The Morgan fingerprint density at radius 2 is 1.91 bits per heavy atom. The van der Waals surface area contributed by atoms with Gasteiger partial charge in [-0.3, -0.25) is 9.69 Å². The van der Waals surface area contributed by atoms with Crippen molar-refractivity contribution < 1.29 is 19.1 Å². The zero-order valence-electron chi connectivity index (χ0n) is 18.3. The van der Waals surface area contributed by atoms with Gasteiger partial charge in [0.15, 0.2) is 0 Å². The van der Waals surface area contributed by atoms with E-state index in [1.54, 1.807) is 60.4 Å². The second-order valence-electron chi connectivity index (χ2n) is 7.46. The number of rotatable bonds is 7. The first-order chi connectivity index (χ1) is 15.3. The van der Waals surface area contributed by atoms with E-state index in [9.17, 15) is 14.4 Å². The van der Waals surface area contributed by atoms with Gasteiger partial charge in [0, 0.05) is 28.5 Å². The smallest absolute Gasteiger partial charge is 0.337 e. The zero-order chi connectivity index (χ0) is 23.3. The molecule has 0 fully saturated rings. The normalized spacial score (nSPS) is 15.9. The van der Waals surface area contributed by atoms with Crippen molar-refractivity contribution in [3.05, 3.63) is 76.0 Å². The Kier molecular flexibility index (Phi) is 7.53. The molecule has 0 saturated heterocycles. The Morgan fingerprint density at radius 3 is 2.53 bits per heavy atom. The SMILES string of the molecule is CCCCN1C(=O)NC(c2ccc(NC(=O)c3cccc(Cl)c3)cc2)C(C(=O)OC)=C1C. The monoisotopic (exact) mass is 455 g/mol. The van der Waals surface area contributed by atoms with E-state index in [0.29, 0.717) is 39.7 Å². The van der Waals surface area contributed by atoms with E-state index in [4.69, 9.17) is 16.3 Å². The van der Waals surface area contributed by atoms with Crippen LogP contribution in [0, 0.1) is 0 Å². The molecule has 7 nitrogen and oxygen atoms in total. The maximum Gasteiger partial charge on any atom is 0.337 e. The predicted octanol–water partition coefficient (Wildman–Crippen LogP) is 4.91. The molecule has 168 valence electrons. The van der Waals surface area contributed by atoms with E-state index in [-0.39, 0.29) is 11.9 Å². The fraction of sp³-hybridized carbons (Fsp3) is 0.292. The number of ether oxygens (including phenoxy) is 1. The van der Waals surface area contributed by atoms with Gasteiger partial charge in [-0.15, -0.1) is 0 Å². The van der Waals surface area contributed by atoms with Gasteiger partial charge in [-0.25, -0.2) is 9.59 Å². The van der Waals surface area contributed by atoms with Crippen LogP contribution in [0.1, 0.15) is 48.7 Å². The van der Waals surface area contributed by atoms with Gasteiger partial charge in [0.1, 0.15) is 0 Å². The molecule has 3 amide bonds. The number of allylic oxidation sites excluding steroid dienone is 1. The van der Waals surface area contributed by atoms with Crippen molar-refractivity contribution in [1.82, 2.24) is 10.2 Å². The van der Waals surface area contributed by atoms with Gasteiger partial charge in [-0.2, -0.15) is 0 Å². The lowest BCUT2D eigenvalue weighted by molar-refractivity contribution is -0.136. The summed E-state index contributed by atoms with van der Waals surface area (Å²) in [5.41, 5.74) is 2.69. The standard InChI is InChI=1S/C24H26ClN3O4/c1-4-5-13-28-15(2)20(23(30)32-3)21(27-24(28)31)16-9-11-19(12-10-16)26-22(29)17-7-6-8-18(25)14-17/h6-12,14,21H,4-5,13H2,1-3H3,(H,26,29)(H,27,31). The first-order valence-corrected chi connectivity index (χ1v) is 10.8. The van der Waals surface area contributed by atoms with Gasteiger partial charge in [0.05, 0.1) is 18.7 Å². The second-order valence-corrected chi connectivity index (χ2v) is 7.90. The third-order valence-electron chi connectivity index (χ3n) is 5.33. The summed E-state index contributed by atoms with van der Waals surface area (Å²) >= 11 is 5.95. The van der Waals surface area contributed by atoms with Crippen LogP contribution >= 0.6 is 11.6 Å². The molecule has 8 heteroatoms.